The molecule has 0 aromatic carbocycles. The lowest BCUT2D eigenvalue weighted by molar-refractivity contribution is -0.117. The number of nitrogens with one attached hydrogen (secondary N) is 1. The molecule has 4 heteroatoms. The number of hydrogen-bond donors (Lipinski definition) is 1. The normalized spacial score (nSPS) is 22.5. The molecule has 1 N–H and O–H groups in total. The average molecular weight is 334 g/mol. The van der Waals surface area contributed by atoms with E-state index in [0.29, 0.717) is 12.3 Å². The minimum Gasteiger partial charge on any atom is -0.311 e. The van der Waals surface area contributed by atoms with Crippen molar-refractivity contribution in [3.8, 4) is 0 Å². The zero-order valence-corrected chi connectivity index (χ0v) is 16.6. The minimum absolute atomic E-state index is 0.0323. The number of carbonyl (C=O) groups is 1. The molecule has 0 aliphatic heterocycles. The molecule has 1 aliphatic rings. The Bertz CT molecular complexity index is 567. The zero-order chi connectivity index (χ0) is 18.1. The number of aromatic nitrogens is 2. The highest BCUT2D eigenvalue weighted by Crippen LogP contribution is 2.31. The van der Waals surface area contributed by atoms with Gasteiger partial charge in [-0.15, -0.1) is 0 Å². The van der Waals surface area contributed by atoms with Gasteiger partial charge in [-0.1, -0.05) is 40.5 Å². The van der Waals surface area contributed by atoms with Crippen molar-refractivity contribution in [1.82, 2.24) is 9.78 Å². The van der Waals surface area contributed by atoms with E-state index in [-0.39, 0.29) is 16.9 Å². The summed E-state index contributed by atoms with van der Waals surface area (Å²) >= 11 is 0. The van der Waals surface area contributed by atoms with E-state index in [0.717, 1.165) is 17.4 Å². The summed E-state index contributed by atoms with van der Waals surface area (Å²) in [5.74, 6) is 2.30. The van der Waals surface area contributed by atoms with Gasteiger partial charge < -0.3 is 5.32 Å². The predicted molar refractivity (Wildman–Crippen MR) is 100 cm³/mol. The molecule has 0 atom stereocenters. The van der Waals surface area contributed by atoms with Crippen molar-refractivity contribution in [2.75, 3.05) is 5.32 Å². The topological polar surface area (TPSA) is 46.9 Å². The van der Waals surface area contributed by atoms with E-state index < -0.39 is 0 Å². The first-order valence-corrected chi connectivity index (χ1v) is 9.37. The van der Waals surface area contributed by atoms with Gasteiger partial charge in [0.1, 0.15) is 5.82 Å². The molecule has 0 bridgehead atoms. The van der Waals surface area contributed by atoms with Crippen molar-refractivity contribution in [2.24, 2.45) is 11.8 Å². The molecule has 24 heavy (non-hydrogen) atoms. The lowest BCUT2D eigenvalue weighted by Crippen LogP contribution is -2.28. The fourth-order valence-electron chi connectivity index (χ4n) is 3.34. The summed E-state index contributed by atoms with van der Waals surface area (Å²) in [6.07, 6.45) is 5.51. The standard InChI is InChI=1S/C20H35N3O/c1-14-8-10-15(11-9-14)12-18(24)21-17-13-16(19(2,3)4)22-23(17)20(5,6)7/h13-15H,8-12H2,1-7H3,(H,21,24). The molecule has 0 saturated heterocycles. The molecule has 0 radical (unpaired) electrons. The first-order valence-electron chi connectivity index (χ1n) is 9.37. The van der Waals surface area contributed by atoms with Gasteiger partial charge in [0.2, 0.25) is 5.91 Å². The van der Waals surface area contributed by atoms with Crippen LogP contribution in [0.5, 0.6) is 0 Å². The summed E-state index contributed by atoms with van der Waals surface area (Å²) in [7, 11) is 0. The Hall–Kier alpha value is -1.32. The molecule has 136 valence electrons. The van der Waals surface area contributed by atoms with Gasteiger partial charge in [0.05, 0.1) is 11.2 Å². The Morgan fingerprint density at radius 2 is 1.75 bits per heavy atom. The van der Waals surface area contributed by atoms with Crippen LogP contribution in [0.2, 0.25) is 0 Å². The van der Waals surface area contributed by atoms with E-state index in [1.54, 1.807) is 0 Å². The molecule has 4 nitrogen and oxygen atoms in total. The Kier molecular flexibility index (Phi) is 5.46. The smallest absolute Gasteiger partial charge is 0.225 e. The van der Waals surface area contributed by atoms with Gasteiger partial charge >= 0.3 is 0 Å². The van der Waals surface area contributed by atoms with Crippen molar-refractivity contribution < 1.29 is 4.79 Å². The van der Waals surface area contributed by atoms with Gasteiger partial charge in [0.25, 0.3) is 0 Å². The summed E-state index contributed by atoms with van der Waals surface area (Å²) in [6.45, 7) is 15.1. The molecule has 1 aromatic heterocycles. The van der Waals surface area contributed by atoms with Gasteiger partial charge in [-0.25, -0.2) is 4.68 Å². The van der Waals surface area contributed by atoms with Crippen LogP contribution in [0.4, 0.5) is 5.82 Å². The lowest BCUT2D eigenvalue weighted by atomic mass is 9.81. The van der Waals surface area contributed by atoms with Crippen LogP contribution in [0, 0.1) is 11.8 Å². The maximum atomic E-state index is 12.5. The third-order valence-corrected chi connectivity index (χ3v) is 4.99. The van der Waals surface area contributed by atoms with Gasteiger partial charge in [0, 0.05) is 17.9 Å². The van der Waals surface area contributed by atoms with Crippen LogP contribution >= 0.6 is 0 Å². The van der Waals surface area contributed by atoms with Crippen molar-refractivity contribution in [3.05, 3.63) is 11.8 Å². The van der Waals surface area contributed by atoms with E-state index in [1.165, 1.54) is 25.7 Å². The molecule has 1 aromatic rings. The second-order valence-electron chi connectivity index (χ2n) is 9.63. The SMILES string of the molecule is CC1CCC(CC(=O)Nc2cc(C(C)(C)C)nn2C(C)(C)C)CC1. The van der Waals surface area contributed by atoms with Crippen LogP contribution < -0.4 is 5.32 Å². The average Bonchev–Trinajstić information content (AvgIpc) is 2.85. The van der Waals surface area contributed by atoms with Crippen LogP contribution in [0.25, 0.3) is 0 Å². The molecular weight excluding hydrogens is 298 g/mol. The highest BCUT2D eigenvalue weighted by molar-refractivity contribution is 5.90. The van der Waals surface area contributed by atoms with Crippen LogP contribution in [-0.2, 0) is 15.7 Å². The van der Waals surface area contributed by atoms with Crippen LogP contribution in [0.1, 0.15) is 86.3 Å². The highest BCUT2D eigenvalue weighted by Gasteiger charge is 2.27. The van der Waals surface area contributed by atoms with Crippen molar-refractivity contribution >= 4 is 11.7 Å². The summed E-state index contributed by atoms with van der Waals surface area (Å²) in [6, 6.07) is 2.03. The second kappa shape index (κ2) is 6.89. The summed E-state index contributed by atoms with van der Waals surface area (Å²) < 4.78 is 1.95. The highest BCUT2D eigenvalue weighted by atomic mass is 16.1. The van der Waals surface area contributed by atoms with Crippen LogP contribution in [-0.4, -0.2) is 15.7 Å². The van der Waals surface area contributed by atoms with Gasteiger partial charge in [-0.05, 0) is 45.4 Å². The number of amides is 1. The van der Waals surface area contributed by atoms with E-state index in [9.17, 15) is 4.79 Å². The van der Waals surface area contributed by atoms with Crippen molar-refractivity contribution in [3.63, 3.8) is 0 Å². The predicted octanol–water partition coefficient (Wildman–Crippen LogP) is 5.09. The Balaban J connectivity index is 2.10. The molecule has 1 heterocycles. The Morgan fingerprint density at radius 3 is 2.25 bits per heavy atom. The first-order chi connectivity index (χ1) is 11.0. The molecule has 0 spiro atoms. The minimum atomic E-state index is -0.160. The Morgan fingerprint density at radius 1 is 1.17 bits per heavy atom. The Labute approximate surface area is 147 Å². The van der Waals surface area contributed by atoms with E-state index in [1.807, 2.05) is 10.7 Å². The van der Waals surface area contributed by atoms with Crippen LogP contribution in [0.3, 0.4) is 0 Å². The largest absolute Gasteiger partial charge is 0.311 e. The van der Waals surface area contributed by atoms with E-state index in [2.05, 4.69) is 53.8 Å². The van der Waals surface area contributed by atoms with Crippen molar-refractivity contribution in [2.45, 2.75) is 91.5 Å². The zero-order valence-electron chi connectivity index (χ0n) is 16.6. The van der Waals surface area contributed by atoms with Gasteiger partial charge in [0.15, 0.2) is 0 Å². The van der Waals surface area contributed by atoms with Gasteiger partial charge in [-0.3, -0.25) is 4.79 Å². The number of hydrogen-bond acceptors (Lipinski definition) is 2. The molecular formula is C20H35N3O. The summed E-state index contributed by atoms with van der Waals surface area (Å²) in [4.78, 5) is 12.5. The maximum Gasteiger partial charge on any atom is 0.225 e. The molecule has 1 amide bonds. The molecule has 1 fully saturated rings. The number of rotatable bonds is 3. The fraction of sp³-hybridized carbons (Fsp3) is 0.800. The second-order valence-corrected chi connectivity index (χ2v) is 9.63. The number of anilines is 1. The molecule has 1 aliphatic carbocycles. The van der Waals surface area contributed by atoms with E-state index in [4.69, 9.17) is 5.10 Å². The van der Waals surface area contributed by atoms with Crippen molar-refractivity contribution in [1.29, 1.82) is 0 Å². The van der Waals surface area contributed by atoms with Crippen LogP contribution in [0.15, 0.2) is 6.07 Å². The number of nitrogens with zero attached hydrogens (tertiary/aromatic N) is 2. The summed E-state index contributed by atoms with van der Waals surface area (Å²) in [5.41, 5.74) is 0.821. The van der Waals surface area contributed by atoms with Gasteiger partial charge in [-0.2, -0.15) is 5.10 Å². The monoisotopic (exact) mass is 333 g/mol. The summed E-state index contributed by atoms with van der Waals surface area (Å²) in [5, 5.41) is 7.89. The third-order valence-electron chi connectivity index (χ3n) is 4.99. The number of carbonyl (C=O) groups excluding carboxylic acids is 1. The van der Waals surface area contributed by atoms with E-state index >= 15 is 0 Å². The quantitative estimate of drug-likeness (QED) is 0.837. The molecule has 1 saturated carbocycles. The molecule has 2 rings (SSSR count). The molecule has 0 unspecified atom stereocenters. The third kappa shape index (κ3) is 4.84. The lowest BCUT2D eigenvalue weighted by Gasteiger charge is -2.26. The first kappa shape index (κ1) is 19.0. The maximum absolute atomic E-state index is 12.5. The fourth-order valence-corrected chi connectivity index (χ4v) is 3.34.